The van der Waals surface area contributed by atoms with Gasteiger partial charge in [0.15, 0.2) is 0 Å². The number of aromatic nitrogens is 2. The molecule has 0 atom stereocenters. The third kappa shape index (κ3) is 3.88. The highest BCUT2D eigenvalue weighted by molar-refractivity contribution is 5.19. The van der Waals surface area contributed by atoms with Crippen LogP contribution in [0.3, 0.4) is 0 Å². The molecule has 0 aliphatic carbocycles. The topological polar surface area (TPSA) is 17.8 Å². The van der Waals surface area contributed by atoms with E-state index < -0.39 is 11.6 Å². The van der Waals surface area contributed by atoms with E-state index in [1.54, 1.807) is 10.9 Å². The minimum Gasteiger partial charge on any atom is -0.268 e. The summed E-state index contributed by atoms with van der Waals surface area (Å²) in [5, 5.41) is 4.22. The first kappa shape index (κ1) is 13.7. The molecule has 2 rings (SSSR count). The molecule has 0 aliphatic rings. The van der Waals surface area contributed by atoms with E-state index in [4.69, 9.17) is 0 Å². The third-order valence-electron chi connectivity index (χ3n) is 2.77. The smallest absolute Gasteiger partial charge is 0.131 e. The zero-order valence-corrected chi connectivity index (χ0v) is 11.5. The van der Waals surface area contributed by atoms with Crippen LogP contribution in [0.4, 0.5) is 8.78 Å². The van der Waals surface area contributed by atoms with Crippen LogP contribution in [0.15, 0.2) is 30.6 Å². The Bertz CT molecular complexity index is 568. The SMILES string of the molecule is CC(C)(C)Cc1cnn(Cc2ccc(F)cc2F)c1. The quantitative estimate of drug-likeness (QED) is 0.824. The molecule has 0 radical (unpaired) electrons. The maximum Gasteiger partial charge on any atom is 0.131 e. The molecule has 0 fully saturated rings. The van der Waals surface area contributed by atoms with Crippen molar-refractivity contribution in [3.63, 3.8) is 0 Å². The molecule has 1 heterocycles. The standard InChI is InChI=1S/C15H18F2N2/c1-15(2,3)7-11-8-18-19(9-11)10-12-4-5-13(16)6-14(12)17/h4-6,8-9H,7,10H2,1-3H3. The van der Waals surface area contributed by atoms with Crippen LogP contribution in [0, 0.1) is 17.0 Å². The Hall–Kier alpha value is -1.71. The molecule has 0 aliphatic heterocycles. The van der Waals surface area contributed by atoms with Gasteiger partial charge >= 0.3 is 0 Å². The highest BCUT2D eigenvalue weighted by Crippen LogP contribution is 2.20. The summed E-state index contributed by atoms with van der Waals surface area (Å²) in [6, 6.07) is 3.61. The van der Waals surface area contributed by atoms with Crippen molar-refractivity contribution in [1.29, 1.82) is 0 Å². The molecule has 1 aromatic carbocycles. The molecule has 0 saturated heterocycles. The van der Waals surface area contributed by atoms with Gasteiger partial charge in [-0.2, -0.15) is 5.10 Å². The van der Waals surface area contributed by atoms with Gasteiger partial charge < -0.3 is 0 Å². The molecular weight excluding hydrogens is 246 g/mol. The third-order valence-corrected chi connectivity index (χ3v) is 2.77. The zero-order valence-electron chi connectivity index (χ0n) is 11.5. The molecule has 0 spiro atoms. The van der Waals surface area contributed by atoms with Crippen molar-refractivity contribution in [1.82, 2.24) is 9.78 Å². The highest BCUT2D eigenvalue weighted by Gasteiger charge is 2.13. The van der Waals surface area contributed by atoms with Crippen molar-refractivity contribution in [2.24, 2.45) is 5.41 Å². The molecule has 0 amide bonds. The maximum atomic E-state index is 13.5. The van der Waals surface area contributed by atoms with Gasteiger partial charge in [0.1, 0.15) is 11.6 Å². The molecule has 0 bridgehead atoms. The minimum atomic E-state index is -0.560. The maximum absolute atomic E-state index is 13.5. The van der Waals surface area contributed by atoms with Crippen molar-refractivity contribution < 1.29 is 8.78 Å². The largest absolute Gasteiger partial charge is 0.268 e. The van der Waals surface area contributed by atoms with Crippen LogP contribution in [0.2, 0.25) is 0 Å². The summed E-state index contributed by atoms with van der Waals surface area (Å²) in [7, 11) is 0. The van der Waals surface area contributed by atoms with E-state index in [9.17, 15) is 8.78 Å². The lowest BCUT2D eigenvalue weighted by atomic mass is 9.89. The van der Waals surface area contributed by atoms with E-state index in [-0.39, 0.29) is 5.41 Å². The second kappa shape index (κ2) is 5.11. The van der Waals surface area contributed by atoms with Gasteiger partial charge in [-0.15, -0.1) is 0 Å². The van der Waals surface area contributed by atoms with Crippen molar-refractivity contribution in [2.45, 2.75) is 33.7 Å². The van der Waals surface area contributed by atoms with Crippen LogP contribution in [-0.4, -0.2) is 9.78 Å². The molecule has 102 valence electrons. The lowest BCUT2D eigenvalue weighted by Gasteiger charge is -2.16. The molecule has 0 unspecified atom stereocenters. The Kier molecular flexibility index (Phi) is 3.69. The lowest BCUT2D eigenvalue weighted by Crippen LogP contribution is -2.08. The summed E-state index contributed by atoms with van der Waals surface area (Å²) in [4.78, 5) is 0. The van der Waals surface area contributed by atoms with Crippen LogP contribution < -0.4 is 0 Å². The summed E-state index contributed by atoms with van der Waals surface area (Å²) in [5.74, 6) is -1.09. The van der Waals surface area contributed by atoms with E-state index in [2.05, 4.69) is 25.9 Å². The van der Waals surface area contributed by atoms with Gasteiger partial charge in [-0.05, 0) is 23.5 Å². The Balaban J connectivity index is 2.11. The zero-order chi connectivity index (χ0) is 14.0. The number of nitrogens with zero attached hydrogens (tertiary/aromatic N) is 2. The van der Waals surface area contributed by atoms with E-state index in [1.807, 2.05) is 6.20 Å². The molecule has 1 aromatic heterocycles. The predicted molar refractivity (Wildman–Crippen MR) is 70.8 cm³/mol. The molecule has 2 nitrogen and oxygen atoms in total. The van der Waals surface area contributed by atoms with Crippen molar-refractivity contribution in [2.75, 3.05) is 0 Å². The second-order valence-electron chi connectivity index (χ2n) is 6.02. The van der Waals surface area contributed by atoms with E-state index in [0.29, 0.717) is 12.1 Å². The van der Waals surface area contributed by atoms with Gasteiger partial charge in [0.05, 0.1) is 12.7 Å². The summed E-state index contributed by atoms with van der Waals surface area (Å²) in [6.07, 6.45) is 4.62. The van der Waals surface area contributed by atoms with Crippen LogP contribution in [0.1, 0.15) is 31.9 Å². The van der Waals surface area contributed by atoms with Crippen molar-refractivity contribution >= 4 is 0 Å². The van der Waals surface area contributed by atoms with Crippen LogP contribution in [0.5, 0.6) is 0 Å². The fourth-order valence-corrected chi connectivity index (χ4v) is 2.02. The fourth-order valence-electron chi connectivity index (χ4n) is 2.02. The van der Waals surface area contributed by atoms with Gasteiger partial charge in [0.25, 0.3) is 0 Å². The molecule has 0 N–H and O–H groups in total. The Morgan fingerprint density at radius 1 is 1.21 bits per heavy atom. The lowest BCUT2D eigenvalue weighted by molar-refractivity contribution is 0.411. The molecule has 19 heavy (non-hydrogen) atoms. The summed E-state index contributed by atoms with van der Waals surface area (Å²) in [6.45, 7) is 6.79. The van der Waals surface area contributed by atoms with Gasteiger partial charge in [-0.3, -0.25) is 4.68 Å². The van der Waals surface area contributed by atoms with Gasteiger partial charge in [-0.1, -0.05) is 26.8 Å². The van der Waals surface area contributed by atoms with E-state index in [1.165, 1.54) is 12.1 Å². The average Bonchev–Trinajstić information content (AvgIpc) is 2.67. The van der Waals surface area contributed by atoms with Crippen LogP contribution in [0.25, 0.3) is 0 Å². The first-order valence-electron chi connectivity index (χ1n) is 6.29. The Morgan fingerprint density at radius 2 is 1.95 bits per heavy atom. The van der Waals surface area contributed by atoms with Gasteiger partial charge in [0, 0.05) is 17.8 Å². The molecule has 4 heteroatoms. The summed E-state index contributed by atoms with van der Waals surface area (Å²) in [5.41, 5.74) is 1.75. The number of benzene rings is 1. The minimum absolute atomic E-state index is 0.189. The van der Waals surface area contributed by atoms with Crippen LogP contribution >= 0.6 is 0 Å². The van der Waals surface area contributed by atoms with Gasteiger partial charge in [-0.25, -0.2) is 8.78 Å². The number of hydrogen-bond donors (Lipinski definition) is 0. The summed E-state index contributed by atoms with van der Waals surface area (Å²) < 4.78 is 28.0. The van der Waals surface area contributed by atoms with Crippen LogP contribution in [-0.2, 0) is 13.0 Å². The normalized spacial score (nSPS) is 11.8. The Morgan fingerprint density at radius 3 is 2.58 bits per heavy atom. The predicted octanol–water partition coefficient (Wildman–Crippen LogP) is 3.80. The average molecular weight is 264 g/mol. The van der Waals surface area contributed by atoms with E-state index in [0.717, 1.165) is 18.1 Å². The summed E-state index contributed by atoms with van der Waals surface area (Å²) >= 11 is 0. The first-order chi connectivity index (χ1) is 8.83. The van der Waals surface area contributed by atoms with E-state index >= 15 is 0 Å². The van der Waals surface area contributed by atoms with Crippen molar-refractivity contribution in [3.8, 4) is 0 Å². The Labute approximate surface area is 112 Å². The second-order valence-corrected chi connectivity index (χ2v) is 6.02. The fraction of sp³-hybridized carbons (Fsp3) is 0.400. The number of hydrogen-bond acceptors (Lipinski definition) is 1. The molecule has 2 aromatic rings. The number of rotatable bonds is 3. The monoisotopic (exact) mass is 264 g/mol. The highest BCUT2D eigenvalue weighted by atomic mass is 19.1. The first-order valence-corrected chi connectivity index (χ1v) is 6.29. The molecule has 0 saturated carbocycles. The van der Waals surface area contributed by atoms with Gasteiger partial charge in [0.2, 0.25) is 0 Å². The number of halogens is 2. The molecular formula is C15H18F2N2. The van der Waals surface area contributed by atoms with Crippen molar-refractivity contribution in [3.05, 3.63) is 53.4 Å².